The molecule has 0 aliphatic carbocycles. The second-order valence-corrected chi connectivity index (χ2v) is 4.83. The summed E-state index contributed by atoms with van der Waals surface area (Å²) in [6.45, 7) is 2.37. The van der Waals surface area contributed by atoms with Crippen molar-refractivity contribution in [3.63, 3.8) is 0 Å². The Morgan fingerprint density at radius 3 is 2.81 bits per heavy atom. The van der Waals surface area contributed by atoms with Gasteiger partial charge in [-0.05, 0) is 43.4 Å². The standard InChI is InChI=1S/C15H12F2N2OS/c1-2-20-13-5-3-4-11-14(13)18-15(21)19(11)12-8-9(16)6-7-10(12)17/h3-8H,2H2,1H3,(H,18,21). The van der Waals surface area contributed by atoms with E-state index in [0.717, 1.165) is 18.2 Å². The number of hydrogen-bond donors (Lipinski definition) is 1. The highest BCUT2D eigenvalue weighted by molar-refractivity contribution is 7.71. The van der Waals surface area contributed by atoms with Crippen LogP contribution in [0, 0.1) is 16.4 Å². The van der Waals surface area contributed by atoms with Crippen LogP contribution in [0.2, 0.25) is 0 Å². The first-order valence-electron chi connectivity index (χ1n) is 6.43. The van der Waals surface area contributed by atoms with Crippen molar-refractivity contribution >= 4 is 23.3 Å². The molecule has 0 unspecified atom stereocenters. The summed E-state index contributed by atoms with van der Waals surface area (Å²) < 4.78 is 34.7. The largest absolute Gasteiger partial charge is 0.492 e. The first-order valence-corrected chi connectivity index (χ1v) is 6.84. The number of H-pyrrole nitrogens is 1. The lowest BCUT2D eigenvalue weighted by molar-refractivity contribution is 0.343. The van der Waals surface area contributed by atoms with Gasteiger partial charge in [-0.15, -0.1) is 0 Å². The number of rotatable bonds is 3. The summed E-state index contributed by atoms with van der Waals surface area (Å²) in [4.78, 5) is 2.99. The third-order valence-electron chi connectivity index (χ3n) is 3.13. The molecule has 1 aromatic heterocycles. The lowest BCUT2D eigenvalue weighted by Crippen LogP contribution is -1.99. The molecule has 0 fully saturated rings. The van der Waals surface area contributed by atoms with Crippen molar-refractivity contribution in [3.05, 3.63) is 52.8 Å². The van der Waals surface area contributed by atoms with Crippen LogP contribution in [-0.4, -0.2) is 16.2 Å². The van der Waals surface area contributed by atoms with Gasteiger partial charge in [-0.3, -0.25) is 4.57 Å². The fourth-order valence-corrected chi connectivity index (χ4v) is 2.57. The Morgan fingerprint density at radius 1 is 1.24 bits per heavy atom. The van der Waals surface area contributed by atoms with Crippen LogP contribution in [0.5, 0.6) is 5.75 Å². The summed E-state index contributed by atoms with van der Waals surface area (Å²) in [6, 6.07) is 8.62. The number of nitrogens with one attached hydrogen (secondary N) is 1. The molecule has 0 saturated heterocycles. The molecule has 2 aromatic carbocycles. The molecule has 0 aliphatic rings. The van der Waals surface area contributed by atoms with Gasteiger partial charge in [0.05, 0.1) is 17.8 Å². The fraction of sp³-hybridized carbons (Fsp3) is 0.133. The van der Waals surface area contributed by atoms with Crippen LogP contribution in [0.3, 0.4) is 0 Å². The molecule has 0 spiro atoms. The second kappa shape index (κ2) is 5.29. The molecule has 0 saturated carbocycles. The molecule has 3 rings (SSSR count). The Hall–Kier alpha value is -2.21. The van der Waals surface area contributed by atoms with E-state index < -0.39 is 11.6 Å². The zero-order chi connectivity index (χ0) is 15.0. The molecule has 21 heavy (non-hydrogen) atoms. The van der Waals surface area contributed by atoms with Gasteiger partial charge in [-0.2, -0.15) is 0 Å². The molecule has 0 bridgehead atoms. The Bertz CT molecular complexity index is 870. The summed E-state index contributed by atoms with van der Waals surface area (Å²) in [7, 11) is 0. The highest BCUT2D eigenvalue weighted by atomic mass is 32.1. The Labute approximate surface area is 124 Å². The monoisotopic (exact) mass is 306 g/mol. The molecule has 6 heteroatoms. The van der Waals surface area contributed by atoms with Crippen LogP contribution >= 0.6 is 12.2 Å². The summed E-state index contributed by atoms with van der Waals surface area (Å²) in [5, 5.41) is 0. The number of aromatic nitrogens is 2. The van der Waals surface area contributed by atoms with E-state index in [1.165, 1.54) is 4.57 Å². The maximum Gasteiger partial charge on any atom is 0.182 e. The molecule has 0 aliphatic heterocycles. The van der Waals surface area contributed by atoms with Gasteiger partial charge >= 0.3 is 0 Å². The summed E-state index contributed by atoms with van der Waals surface area (Å²) >= 11 is 5.24. The van der Waals surface area contributed by atoms with Crippen LogP contribution < -0.4 is 4.74 Å². The minimum atomic E-state index is -0.546. The van der Waals surface area contributed by atoms with Gasteiger partial charge in [0.1, 0.15) is 22.9 Å². The number of ether oxygens (including phenoxy) is 1. The predicted molar refractivity (Wildman–Crippen MR) is 79.5 cm³/mol. The number of halogens is 2. The maximum absolute atomic E-state index is 14.0. The zero-order valence-electron chi connectivity index (χ0n) is 11.2. The number of hydrogen-bond acceptors (Lipinski definition) is 2. The lowest BCUT2D eigenvalue weighted by Gasteiger charge is -2.07. The van der Waals surface area contributed by atoms with Crippen molar-refractivity contribution in [2.45, 2.75) is 6.92 Å². The highest BCUT2D eigenvalue weighted by Crippen LogP contribution is 2.28. The molecule has 0 atom stereocenters. The van der Waals surface area contributed by atoms with Crippen molar-refractivity contribution in [2.24, 2.45) is 0 Å². The highest BCUT2D eigenvalue weighted by Gasteiger charge is 2.14. The van der Waals surface area contributed by atoms with E-state index in [2.05, 4.69) is 4.98 Å². The molecular weight excluding hydrogens is 294 g/mol. The molecule has 3 aromatic rings. The predicted octanol–water partition coefficient (Wildman–Crippen LogP) is 4.36. The third-order valence-corrected chi connectivity index (χ3v) is 3.41. The molecule has 108 valence electrons. The Morgan fingerprint density at radius 2 is 2.05 bits per heavy atom. The number of para-hydroxylation sites is 1. The smallest absolute Gasteiger partial charge is 0.182 e. The van der Waals surface area contributed by atoms with Crippen molar-refractivity contribution in [1.29, 1.82) is 0 Å². The fourth-order valence-electron chi connectivity index (χ4n) is 2.28. The third kappa shape index (κ3) is 2.31. The number of fused-ring (bicyclic) bond motifs is 1. The van der Waals surface area contributed by atoms with Crippen molar-refractivity contribution in [3.8, 4) is 11.4 Å². The van der Waals surface area contributed by atoms with Crippen LogP contribution in [0.4, 0.5) is 8.78 Å². The van der Waals surface area contributed by atoms with Gasteiger partial charge in [-0.1, -0.05) is 6.07 Å². The summed E-state index contributed by atoms with van der Waals surface area (Å²) in [5.74, 6) is -0.449. The van der Waals surface area contributed by atoms with E-state index in [1.54, 1.807) is 18.2 Å². The molecule has 3 nitrogen and oxygen atoms in total. The van der Waals surface area contributed by atoms with Crippen LogP contribution in [0.1, 0.15) is 6.92 Å². The molecule has 0 radical (unpaired) electrons. The van der Waals surface area contributed by atoms with E-state index in [1.807, 2.05) is 6.92 Å². The number of nitrogens with zero attached hydrogens (tertiary/aromatic N) is 1. The van der Waals surface area contributed by atoms with Gasteiger partial charge in [0.2, 0.25) is 0 Å². The topological polar surface area (TPSA) is 29.9 Å². The second-order valence-electron chi connectivity index (χ2n) is 4.44. The number of benzene rings is 2. The Kier molecular flexibility index (Phi) is 3.47. The number of aromatic amines is 1. The van der Waals surface area contributed by atoms with E-state index in [0.29, 0.717) is 23.4 Å². The van der Waals surface area contributed by atoms with E-state index in [-0.39, 0.29) is 10.5 Å². The maximum atomic E-state index is 14.0. The van der Waals surface area contributed by atoms with Crippen LogP contribution in [-0.2, 0) is 0 Å². The first kappa shape index (κ1) is 13.8. The van der Waals surface area contributed by atoms with Gasteiger partial charge in [0, 0.05) is 6.07 Å². The lowest BCUT2D eigenvalue weighted by atomic mass is 10.2. The summed E-state index contributed by atoms with van der Waals surface area (Å²) in [5.41, 5.74) is 1.36. The molecule has 1 heterocycles. The summed E-state index contributed by atoms with van der Waals surface area (Å²) in [6.07, 6.45) is 0. The van der Waals surface area contributed by atoms with Crippen LogP contribution in [0.25, 0.3) is 16.7 Å². The Balaban J connectivity index is 2.33. The minimum absolute atomic E-state index is 0.0694. The first-order chi connectivity index (χ1) is 10.1. The van der Waals surface area contributed by atoms with Crippen LogP contribution in [0.15, 0.2) is 36.4 Å². The molecular formula is C15H12F2N2OS. The quantitative estimate of drug-likeness (QED) is 0.728. The van der Waals surface area contributed by atoms with Gasteiger partial charge < -0.3 is 9.72 Å². The average molecular weight is 306 g/mol. The van der Waals surface area contributed by atoms with Crippen molar-refractivity contribution in [1.82, 2.24) is 9.55 Å². The zero-order valence-corrected chi connectivity index (χ0v) is 12.0. The molecule has 0 amide bonds. The van der Waals surface area contributed by atoms with E-state index in [9.17, 15) is 8.78 Å². The minimum Gasteiger partial charge on any atom is -0.492 e. The van der Waals surface area contributed by atoms with E-state index >= 15 is 0 Å². The van der Waals surface area contributed by atoms with Crippen molar-refractivity contribution in [2.75, 3.05) is 6.61 Å². The number of imidazole rings is 1. The molecule has 1 N–H and O–H groups in total. The van der Waals surface area contributed by atoms with E-state index in [4.69, 9.17) is 17.0 Å². The van der Waals surface area contributed by atoms with Gasteiger partial charge in [0.25, 0.3) is 0 Å². The SMILES string of the molecule is CCOc1cccc2c1[nH]c(=S)n2-c1cc(F)ccc1F. The van der Waals surface area contributed by atoms with Gasteiger partial charge in [-0.25, -0.2) is 8.78 Å². The van der Waals surface area contributed by atoms with Crippen molar-refractivity contribution < 1.29 is 13.5 Å². The average Bonchev–Trinajstić information content (AvgIpc) is 2.79. The van der Waals surface area contributed by atoms with Gasteiger partial charge in [0.15, 0.2) is 4.77 Å². The normalized spacial score (nSPS) is 11.0.